The van der Waals surface area contributed by atoms with Crippen molar-refractivity contribution in [2.45, 2.75) is 39.2 Å². The molecular weight excluding hydrogens is 298 g/mol. The highest BCUT2D eigenvalue weighted by Gasteiger charge is 2.14. The van der Waals surface area contributed by atoms with Crippen molar-refractivity contribution in [1.82, 2.24) is 10.6 Å². The van der Waals surface area contributed by atoms with E-state index in [-0.39, 0.29) is 6.04 Å². The molecule has 0 saturated carbocycles. The zero-order valence-electron chi connectivity index (χ0n) is 13.9. The molecule has 128 valence electrons. The van der Waals surface area contributed by atoms with Crippen LogP contribution in [0, 0.1) is 0 Å². The van der Waals surface area contributed by atoms with Gasteiger partial charge < -0.3 is 15.5 Å². The number of nitrogens with one attached hydrogen (secondary N) is 2. The van der Waals surface area contributed by atoms with Crippen LogP contribution in [0.1, 0.15) is 38.3 Å². The summed E-state index contributed by atoms with van der Waals surface area (Å²) < 4.78 is 24.7. The van der Waals surface area contributed by atoms with E-state index in [4.69, 9.17) is 0 Å². The summed E-state index contributed by atoms with van der Waals surface area (Å²) in [5.41, 5.74) is 2.35. The van der Waals surface area contributed by atoms with Crippen molar-refractivity contribution in [1.29, 1.82) is 0 Å². The average molecular weight is 324 g/mol. The summed E-state index contributed by atoms with van der Waals surface area (Å²) in [5, 5.41) is 6.20. The van der Waals surface area contributed by atoms with Crippen molar-refractivity contribution in [2.24, 2.45) is 4.99 Å². The Labute approximate surface area is 137 Å². The highest BCUT2D eigenvalue weighted by molar-refractivity contribution is 5.80. The molecule has 0 spiro atoms. The number of halogens is 2. The van der Waals surface area contributed by atoms with Crippen molar-refractivity contribution >= 4 is 11.6 Å². The van der Waals surface area contributed by atoms with Gasteiger partial charge in [0, 0.05) is 25.3 Å². The first-order valence-corrected chi connectivity index (χ1v) is 8.28. The topological polar surface area (TPSA) is 39.7 Å². The van der Waals surface area contributed by atoms with Gasteiger partial charge in [0.1, 0.15) is 6.54 Å². The van der Waals surface area contributed by atoms with E-state index in [1.165, 1.54) is 18.5 Å². The van der Waals surface area contributed by atoms with E-state index in [9.17, 15) is 8.78 Å². The Bertz CT molecular complexity index is 513. The maximum atomic E-state index is 12.4. The lowest BCUT2D eigenvalue weighted by molar-refractivity contribution is 0.158. The predicted octanol–water partition coefficient (Wildman–Crippen LogP) is 3.17. The van der Waals surface area contributed by atoms with Crippen LogP contribution in [0.5, 0.6) is 0 Å². The molecule has 4 nitrogen and oxygen atoms in total. The number of guanidine groups is 1. The van der Waals surface area contributed by atoms with Crippen molar-refractivity contribution in [3.8, 4) is 0 Å². The Balaban J connectivity index is 2.04. The van der Waals surface area contributed by atoms with Crippen LogP contribution in [-0.4, -0.2) is 38.6 Å². The Morgan fingerprint density at radius 2 is 2.04 bits per heavy atom. The minimum Gasteiger partial charge on any atom is -0.372 e. The summed E-state index contributed by atoms with van der Waals surface area (Å²) in [6.45, 7) is 6.27. The SMILES string of the molecule is CCNC(=NCC(F)F)NC(C)c1cccc(N2CCCC2)c1. The molecule has 23 heavy (non-hydrogen) atoms. The van der Waals surface area contributed by atoms with Gasteiger partial charge in [-0.3, -0.25) is 0 Å². The van der Waals surface area contributed by atoms with Gasteiger partial charge >= 0.3 is 0 Å². The van der Waals surface area contributed by atoms with E-state index in [2.05, 4.69) is 32.7 Å². The van der Waals surface area contributed by atoms with Gasteiger partial charge in [-0.25, -0.2) is 13.8 Å². The van der Waals surface area contributed by atoms with Gasteiger partial charge in [0.15, 0.2) is 5.96 Å². The Hall–Kier alpha value is -1.85. The molecular formula is C17H26F2N4. The second-order valence-electron chi connectivity index (χ2n) is 5.77. The average Bonchev–Trinajstić information content (AvgIpc) is 3.07. The van der Waals surface area contributed by atoms with Gasteiger partial charge in [-0.05, 0) is 44.4 Å². The fourth-order valence-electron chi connectivity index (χ4n) is 2.73. The van der Waals surface area contributed by atoms with Crippen LogP contribution in [0.2, 0.25) is 0 Å². The van der Waals surface area contributed by atoms with Crippen LogP contribution < -0.4 is 15.5 Å². The fraction of sp³-hybridized carbons (Fsp3) is 0.588. The maximum Gasteiger partial charge on any atom is 0.257 e. The summed E-state index contributed by atoms with van der Waals surface area (Å²) >= 11 is 0. The summed E-state index contributed by atoms with van der Waals surface area (Å²) in [4.78, 5) is 6.29. The predicted molar refractivity (Wildman–Crippen MR) is 91.4 cm³/mol. The Kier molecular flexibility index (Phi) is 6.62. The second kappa shape index (κ2) is 8.70. The molecule has 1 heterocycles. The van der Waals surface area contributed by atoms with Crippen molar-refractivity contribution < 1.29 is 8.78 Å². The third kappa shape index (κ3) is 5.37. The largest absolute Gasteiger partial charge is 0.372 e. The van der Waals surface area contributed by atoms with E-state index in [0.29, 0.717) is 12.5 Å². The van der Waals surface area contributed by atoms with Gasteiger partial charge in [0.25, 0.3) is 6.43 Å². The number of anilines is 1. The zero-order chi connectivity index (χ0) is 16.7. The molecule has 0 amide bonds. The molecule has 1 fully saturated rings. The Morgan fingerprint density at radius 1 is 1.30 bits per heavy atom. The molecule has 1 saturated heterocycles. The lowest BCUT2D eigenvalue weighted by Crippen LogP contribution is -2.39. The number of aliphatic imine (C=N–C) groups is 1. The second-order valence-corrected chi connectivity index (χ2v) is 5.77. The first-order valence-electron chi connectivity index (χ1n) is 8.28. The van der Waals surface area contributed by atoms with Gasteiger partial charge in [0.2, 0.25) is 0 Å². The molecule has 0 aromatic heterocycles. The first-order chi connectivity index (χ1) is 11.1. The van der Waals surface area contributed by atoms with Crippen LogP contribution in [-0.2, 0) is 0 Å². The van der Waals surface area contributed by atoms with Gasteiger partial charge in [0.05, 0.1) is 6.04 Å². The fourth-order valence-corrected chi connectivity index (χ4v) is 2.73. The number of benzene rings is 1. The minimum absolute atomic E-state index is 0.00646. The molecule has 1 atom stereocenters. The third-order valence-corrected chi connectivity index (χ3v) is 3.93. The number of hydrogen-bond donors (Lipinski definition) is 2. The van der Waals surface area contributed by atoms with E-state index in [1.54, 1.807) is 0 Å². The molecule has 1 aromatic carbocycles. The normalized spacial score (nSPS) is 16.7. The Morgan fingerprint density at radius 3 is 2.70 bits per heavy atom. The molecule has 2 rings (SSSR count). The summed E-state index contributed by atoms with van der Waals surface area (Å²) in [5.74, 6) is 0.423. The summed E-state index contributed by atoms with van der Waals surface area (Å²) in [6, 6.07) is 8.38. The first kappa shape index (κ1) is 17.5. The van der Waals surface area contributed by atoms with Crippen LogP contribution in [0.4, 0.5) is 14.5 Å². The quantitative estimate of drug-likeness (QED) is 0.624. The van der Waals surface area contributed by atoms with E-state index < -0.39 is 13.0 Å². The molecule has 6 heteroatoms. The van der Waals surface area contributed by atoms with Crippen molar-refractivity contribution in [3.63, 3.8) is 0 Å². The monoisotopic (exact) mass is 324 g/mol. The van der Waals surface area contributed by atoms with Crippen LogP contribution >= 0.6 is 0 Å². The maximum absolute atomic E-state index is 12.4. The minimum atomic E-state index is -2.43. The number of hydrogen-bond acceptors (Lipinski definition) is 2. The summed E-state index contributed by atoms with van der Waals surface area (Å²) in [6.07, 6.45) is 0.0467. The molecule has 1 aromatic rings. The summed E-state index contributed by atoms with van der Waals surface area (Å²) in [7, 11) is 0. The highest BCUT2D eigenvalue weighted by atomic mass is 19.3. The lowest BCUT2D eigenvalue weighted by atomic mass is 10.1. The molecule has 0 radical (unpaired) electrons. The van der Waals surface area contributed by atoms with Gasteiger partial charge in [-0.1, -0.05) is 12.1 Å². The van der Waals surface area contributed by atoms with Crippen LogP contribution in [0.15, 0.2) is 29.3 Å². The molecule has 0 aliphatic carbocycles. The van der Waals surface area contributed by atoms with Crippen molar-refractivity contribution in [2.75, 3.05) is 31.1 Å². The molecule has 1 unspecified atom stereocenters. The number of alkyl halides is 2. The standard InChI is InChI=1S/C17H26F2N4/c1-3-20-17(21-12-16(18)19)22-13(2)14-7-6-8-15(11-14)23-9-4-5-10-23/h6-8,11,13,16H,3-5,9-10,12H2,1-2H3,(H2,20,21,22). The molecule has 2 N–H and O–H groups in total. The van der Waals surface area contributed by atoms with Gasteiger partial charge in [-0.2, -0.15) is 0 Å². The van der Waals surface area contributed by atoms with E-state index in [0.717, 1.165) is 18.7 Å². The highest BCUT2D eigenvalue weighted by Crippen LogP contribution is 2.23. The van der Waals surface area contributed by atoms with Gasteiger partial charge in [-0.15, -0.1) is 0 Å². The van der Waals surface area contributed by atoms with Crippen LogP contribution in [0.3, 0.4) is 0 Å². The number of rotatable bonds is 6. The van der Waals surface area contributed by atoms with E-state index in [1.807, 2.05) is 26.0 Å². The van der Waals surface area contributed by atoms with Crippen molar-refractivity contribution in [3.05, 3.63) is 29.8 Å². The molecule has 0 bridgehead atoms. The number of nitrogens with zero attached hydrogens (tertiary/aromatic N) is 2. The zero-order valence-corrected chi connectivity index (χ0v) is 13.9. The lowest BCUT2D eigenvalue weighted by Gasteiger charge is -2.22. The van der Waals surface area contributed by atoms with E-state index >= 15 is 0 Å². The molecule has 1 aliphatic heterocycles. The smallest absolute Gasteiger partial charge is 0.257 e. The van der Waals surface area contributed by atoms with Crippen LogP contribution in [0.25, 0.3) is 0 Å². The third-order valence-electron chi connectivity index (χ3n) is 3.93. The molecule has 1 aliphatic rings.